The van der Waals surface area contributed by atoms with Gasteiger partial charge in [-0.15, -0.1) is 11.3 Å². The van der Waals surface area contributed by atoms with E-state index in [0.29, 0.717) is 19.5 Å². The summed E-state index contributed by atoms with van der Waals surface area (Å²) in [6.07, 6.45) is 2.17. The molecule has 2 N–H and O–H groups in total. The molecule has 128 valence electrons. The number of nitrogens with zero attached hydrogens (tertiary/aromatic N) is 1. The van der Waals surface area contributed by atoms with E-state index in [1.54, 1.807) is 11.3 Å². The van der Waals surface area contributed by atoms with Crippen LogP contribution in [0, 0.1) is 0 Å². The van der Waals surface area contributed by atoms with Gasteiger partial charge in [0.1, 0.15) is 0 Å². The quantitative estimate of drug-likeness (QED) is 0.875. The van der Waals surface area contributed by atoms with Crippen LogP contribution in [0.4, 0.5) is 4.79 Å². The molecular weight excluding hydrogens is 322 g/mol. The van der Waals surface area contributed by atoms with Crippen LogP contribution in [-0.2, 0) is 11.2 Å². The van der Waals surface area contributed by atoms with Gasteiger partial charge in [0.25, 0.3) is 0 Å². The molecule has 0 aliphatic carbocycles. The molecule has 2 aromatic rings. The fourth-order valence-corrected chi connectivity index (χ4v) is 4.10. The molecule has 5 nitrogen and oxygen atoms in total. The predicted molar refractivity (Wildman–Crippen MR) is 97.3 cm³/mol. The van der Waals surface area contributed by atoms with E-state index in [0.717, 1.165) is 19.4 Å². The zero-order valence-electron chi connectivity index (χ0n) is 13.9. The smallest absolute Gasteiger partial charge is 0.315 e. The first kappa shape index (κ1) is 16.8. The molecule has 1 unspecified atom stereocenters. The lowest BCUT2D eigenvalue weighted by molar-refractivity contribution is -0.129. The number of thiophene rings is 1. The summed E-state index contributed by atoms with van der Waals surface area (Å²) < 4.78 is 1.28. The third-order valence-corrected chi connectivity index (χ3v) is 5.43. The van der Waals surface area contributed by atoms with Gasteiger partial charge in [0.05, 0.1) is 0 Å². The molecule has 6 heteroatoms. The minimum Gasteiger partial charge on any atom is -0.341 e. The molecule has 0 saturated carbocycles. The van der Waals surface area contributed by atoms with E-state index in [1.807, 2.05) is 24.0 Å². The third-order valence-electron chi connectivity index (χ3n) is 4.42. The first-order valence-corrected chi connectivity index (χ1v) is 9.32. The number of likely N-dealkylation sites (tertiary alicyclic amines) is 1. The number of amides is 3. The Morgan fingerprint density at radius 1 is 1.33 bits per heavy atom. The number of rotatable bonds is 5. The summed E-state index contributed by atoms with van der Waals surface area (Å²) in [5.41, 5.74) is 1.27. The lowest BCUT2D eigenvalue weighted by atomic mass is 10.1. The van der Waals surface area contributed by atoms with Crippen molar-refractivity contribution in [2.75, 3.05) is 19.6 Å². The lowest BCUT2D eigenvalue weighted by Crippen LogP contribution is -2.44. The van der Waals surface area contributed by atoms with Crippen LogP contribution in [0.2, 0.25) is 0 Å². The number of hydrogen-bond acceptors (Lipinski definition) is 3. The second-order valence-corrected chi connectivity index (χ2v) is 7.00. The molecule has 1 fully saturated rings. The Bertz CT molecular complexity index is 728. The molecule has 1 aromatic heterocycles. The molecule has 24 heavy (non-hydrogen) atoms. The first-order valence-electron chi connectivity index (χ1n) is 8.44. The van der Waals surface area contributed by atoms with E-state index < -0.39 is 0 Å². The maximum Gasteiger partial charge on any atom is 0.315 e. The molecule has 1 aliphatic heterocycles. The van der Waals surface area contributed by atoms with E-state index in [4.69, 9.17) is 0 Å². The highest BCUT2D eigenvalue weighted by Crippen LogP contribution is 2.25. The Balaban J connectivity index is 1.42. The standard InChI is InChI=1S/C18H23N3O2S/c1-2-17(22)21-10-8-14(11-21)20-18(23)19-9-7-13-12-24-16-6-4-3-5-15(13)16/h3-6,12,14H,2,7-11H2,1H3,(H2,19,20,23). The Hall–Kier alpha value is -2.08. The molecule has 2 heterocycles. The maximum atomic E-state index is 12.0. The van der Waals surface area contributed by atoms with Gasteiger partial charge in [-0.3, -0.25) is 4.79 Å². The maximum absolute atomic E-state index is 12.0. The van der Waals surface area contributed by atoms with Crippen molar-refractivity contribution in [3.8, 4) is 0 Å². The number of carbonyl (C=O) groups excluding carboxylic acids is 2. The van der Waals surface area contributed by atoms with Gasteiger partial charge in [-0.05, 0) is 35.2 Å². The molecule has 0 spiro atoms. The first-order chi connectivity index (χ1) is 11.7. The minimum absolute atomic E-state index is 0.0578. The summed E-state index contributed by atoms with van der Waals surface area (Å²) in [4.78, 5) is 25.5. The number of benzene rings is 1. The highest BCUT2D eigenvalue weighted by molar-refractivity contribution is 7.17. The average Bonchev–Trinajstić information content (AvgIpc) is 3.22. The van der Waals surface area contributed by atoms with Crippen molar-refractivity contribution >= 4 is 33.4 Å². The van der Waals surface area contributed by atoms with Crippen molar-refractivity contribution in [2.24, 2.45) is 0 Å². The fourth-order valence-electron chi connectivity index (χ4n) is 3.10. The monoisotopic (exact) mass is 345 g/mol. The van der Waals surface area contributed by atoms with E-state index in [-0.39, 0.29) is 18.0 Å². The van der Waals surface area contributed by atoms with Gasteiger partial charge in [-0.25, -0.2) is 4.79 Å². The molecule has 3 rings (SSSR count). The zero-order chi connectivity index (χ0) is 16.9. The lowest BCUT2D eigenvalue weighted by Gasteiger charge is -2.16. The topological polar surface area (TPSA) is 61.4 Å². The van der Waals surface area contributed by atoms with Gasteiger partial charge >= 0.3 is 6.03 Å². The van der Waals surface area contributed by atoms with E-state index in [9.17, 15) is 9.59 Å². The van der Waals surface area contributed by atoms with E-state index in [2.05, 4.69) is 28.1 Å². The number of nitrogens with one attached hydrogen (secondary N) is 2. The van der Waals surface area contributed by atoms with Gasteiger partial charge in [0, 0.05) is 36.8 Å². The molecular formula is C18H23N3O2S. The predicted octanol–water partition coefficient (Wildman–Crippen LogP) is 2.75. The summed E-state index contributed by atoms with van der Waals surface area (Å²) in [5.74, 6) is 0.157. The SMILES string of the molecule is CCC(=O)N1CCC(NC(=O)NCCc2csc3ccccc23)C1. The van der Waals surface area contributed by atoms with E-state index in [1.165, 1.54) is 15.6 Å². The van der Waals surface area contributed by atoms with Crippen molar-refractivity contribution in [3.05, 3.63) is 35.2 Å². The van der Waals surface area contributed by atoms with Crippen molar-refractivity contribution in [1.29, 1.82) is 0 Å². The van der Waals surface area contributed by atoms with Gasteiger partial charge in [-0.1, -0.05) is 25.1 Å². The van der Waals surface area contributed by atoms with Crippen molar-refractivity contribution in [3.63, 3.8) is 0 Å². The van der Waals surface area contributed by atoms with Gasteiger partial charge in [-0.2, -0.15) is 0 Å². The molecule has 0 radical (unpaired) electrons. The average molecular weight is 345 g/mol. The van der Waals surface area contributed by atoms with Crippen molar-refractivity contribution in [1.82, 2.24) is 15.5 Å². The molecule has 0 bridgehead atoms. The van der Waals surface area contributed by atoms with Crippen LogP contribution in [0.1, 0.15) is 25.3 Å². The van der Waals surface area contributed by atoms with Crippen LogP contribution in [0.25, 0.3) is 10.1 Å². The van der Waals surface area contributed by atoms with Gasteiger partial charge in [0.2, 0.25) is 5.91 Å². The van der Waals surface area contributed by atoms with Crippen LogP contribution in [-0.4, -0.2) is 42.5 Å². The summed E-state index contributed by atoms with van der Waals surface area (Å²) in [7, 11) is 0. The van der Waals surface area contributed by atoms with Gasteiger partial charge in [0.15, 0.2) is 0 Å². The van der Waals surface area contributed by atoms with Crippen LogP contribution < -0.4 is 10.6 Å². The van der Waals surface area contributed by atoms with Gasteiger partial charge < -0.3 is 15.5 Å². The molecule has 1 atom stereocenters. The fraction of sp³-hybridized carbons (Fsp3) is 0.444. The summed E-state index contributed by atoms with van der Waals surface area (Å²) in [5, 5.41) is 9.32. The Labute approximate surface area is 146 Å². The highest BCUT2D eigenvalue weighted by Gasteiger charge is 2.26. The van der Waals surface area contributed by atoms with Crippen molar-refractivity contribution < 1.29 is 9.59 Å². The Morgan fingerprint density at radius 3 is 3.00 bits per heavy atom. The molecule has 1 aliphatic rings. The largest absolute Gasteiger partial charge is 0.341 e. The van der Waals surface area contributed by atoms with Crippen LogP contribution in [0.3, 0.4) is 0 Å². The number of fused-ring (bicyclic) bond motifs is 1. The molecule has 1 saturated heterocycles. The summed E-state index contributed by atoms with van der Waals surface area (Å²) >= 11 is 1.74. The Kier molecular flexibility index (Phi) is 5.35. The van der Waals surface area contributed by atoms with Crippen LogP contribution in [0.15, 0.2) is 29.6 Å². The number of urea groups is 1. The second-order valence-electron chi connectivity index (χ2n) is 6.09. The second kappa shape index (κ2) is 7.66. The molecule has 1 aromatic carbocycles. The third kappa shape index (κ3) is 3.87. The summed E-state index contributed by atoms with van der Waals surface area (Å²) in [6, 6.07) is 8.24. The zero-order valence-corrected chi connectivity index (χ0v) is 14.7. The van der Waals surface area contributed by atoms with Crippen LogP contribution >= 0.6 is 11.3 Å². The minimum atomic E-state index is -0.148. The van der Waals surface area contributed by atoms with Crippen molar-refractivity contribution in [2.45, 2.75) is 32.2 Å². The highest BCUT2D eigenvalue weighted by atomic mass is 32.1. The molecule has 3 amide bonds. The normalized spacial score (nSPS) is 17.2. The number of carbonyl (C=O) groups is 2. The number of hydrogen-bond donors (Lipinski definition) is 2. The van der Waals surface area contributed by atoms with Crippen LogP contribution in [0.5, 0.6) is 0 Å². The van der Waals surface area contributed by atoms with E-state index >= 15 is 0 Å². The Morgan fingerprint density at radius 2 is 2.17 bits per heavy atom. The summed E-state index contributed by atoms with van der Waals surface area (Å²) in [6.45, 7) is 3.83.